The van der Waals surface area contributed by atoms with Crippen molar-refractivity contribution in [1.82, 2.24) is 9.80 Å². The molecule has 0 bridgehead atoms. The molecule has 1 heterocycles. The quantitative estimate of drug-likeness (QED) is 0.647. The van der Waals surface area contributed by atoms with Crippen LogP contribution in [0.5, 0.6) is 0 Å². The van der Waals surface area contributed by atoms with E-state index in [1.54, 1.807) is 28.6 Å². The molecule has 1 aromatic carbocycles. The maximum Gasteiger partial charge on any atom is 0.238 e. The van der Waals surface area contributed by atoms with E-state index in [9.17, 15) is 18.0 Å². The normalized spacial score (nSPS) is 18.4. The number of amides is 2. The van der Waals surface area contributed by atoms with E-state index in [0.29, 0.717) is 13.0 Å². The summed E-state index contributed by atoms with van der Waals surface area (Å²) in [6.45, 7) is 2.45. The van der Waals surface area contributed by atoms with Crippen molar-refractivity contribution in [2.75, 3.05) is 49.8 Å². The summed E-state index contributed by atoms with van der Waals surface area (Å²) in [7, 11) is -1.34. The van der Waals surface area contributed by atoms with Crippen molar-refractivity contribution in [3.05, 3.63) is 24.3 Å². The third kappa shape index (κ3) is 6.22. The summed E-state index contributed by atoms with van der Waals surface area (Å²) in [5.41, 5.74) is 0.751. The van der Waals surface area contributed by atoms with Gasteiger partial charge in [0.1, 0.15) is 0 Å². The van der Waals surface area contributed by atoms with E-state index in [2.05, 4.69) is 5.32 Å². The Bertz CT molecular complexity index is 783. The number of benzene rings is 1. The van der Waals surface area contributed by atoms with Gasteiger partial charge in [0.25, 0.3) is 0 Å². The van der Waals surface area contributed by atoms with Crippen LogP contribution >= 0.6 is 11.8 Å². The Morgan fingerprint density at radius 2 is 1.96 bits per heavy atom. The molecule has 0 radical (unpaired) electrons. The van der Waals surface area contributed by atoms with Crippen LogP contribution in [0.4, 0.5) is 5.69 Å². The first-order valence-electron chi connectivity index (χ1n) is 8.87. The second kappa shape index (κ2) is 9.57. The van der Waals surface area contributed by atoms with Gasteiger partial charge in [-0.15, -0.1) is 11.8 Å². The molecule has 0 unspecified atom stereocenters. The lowest BCUT2D eigenvalue weighted by molar-refractivity contribution is -0.134. The average Bonchev–Trinajstić information content (AvgIpc) is 2.95. The van der Waals surface area contributed by atoms with E-state index in [4.69, 9.17) is 0 Å². The fourth-order valence-electron chi connectivity index (χ4n) is 3.22. The Labute approximate surface area is 165 Å². The van der Waals surface area contributed by atoms with Crippen molar-refractivity contribution in [3.8, 4) is 0 Å². The highest BCUT2D eigenvalue weighted by atomic mass is 32.2. The van der Waals surface area contributed by atoms with Gasteiger partial charge in [0, 0.05) is 17.5 Å². The molecule has 9 heteroatoms. The number of likely N-dealkylation sites (N-methyl/N-ethyl adjacent to an activating group) is 2. The zero-order valence-electron chi connectivity index (χ0n) is 16.0. The highest BCUT2D eigenvalue weighted by Gasteiger charge is 2.34. The highest BCUT2D eigenvalue weighted by Crippen LogP contribution is 2.24. The number of thioether (sulfide) groups is 1. The van der Waals surface area contributed by atoms with Gasteiger partial charge in [0.2, 0.25) is 11.8 Å². The Hall–Kier alpha value is -1.58. The van der Waals surface area contributed by atoms with Crippen LogP contribution in [0.1, 0.15) is 13.3 Å². The fourth-order valence-corrected chi connectivity index (χ4v) is 5.50. The number of hydrogen-bond donors (Lipinski definition) is 1. The van der Waals surface area contributed by atoms with Gasteiger partial charge >= 0.3 is 0 Å². The smallest absolute Gasteiger partial charge is 0.238 e. The first kappa shape index (κ1) is 21.7. The second-order valence-corrected chi connectivity index (χ2v) is 9.73. The van der Waals surface area contributed by atoms with Gasteiger partial charge in [0.05, 0.1) is 30.3 Å². The van der Waals surface area contributed by atoms with Gasteiger partial charge in [-0.1, -0.05) is 12.1 Å². The van der Waals surface area contributed by atoms with Crippen molar-refractivity contribution in [1.29, 1.82) is 0 Å². The Kier molecular flexibility index (Phi) is 7.69. The molecule has 1 aromatic rings. The summed E-state index contributed by atoms with van der Waals surface area (Å²) in [6, 6.07) is 7.28. The largest absolute Gasteiger partial charge is 0.338 e. The maximum atomic E-state index is 12.6. The monoisotopic (exact) mass is 413 g/mol. The SMILES string of the molecule is CCN(C(=O)CN(C)CC(=O)Nc1ccccc1SC)[C@@H]1CCS(=O)(=O)C1. The van der Waals surface area contributed by atoms with E-state index in [1.165, 1.54) is 0 Å². The lowest BCUT2D eigenvalue weighted by atomic mass is 10.2. The Morgan fingerprint density at radius 1 is 1.26 bits per heavy atom. The van der Waals surface area contributed by atoms with E-state index >= 15 is 0 Å². The van der Waals surface area contributed by atoms with Crippen LogP contribution in [0.2, 0.25) is 0 Å². The van der Waals surface area contributed by atoms with Crippen LogP contribution in [-0.4, -0.2) is 80.5 Å². The van der Waals surface area contributed by atoms with Crippen LogP contribution in [-0.2, 0) is 19.4 Å². The Morgan fingerprint density at radius 3 is 2.56 bits per heavy atom. The molecule has 1 saturated heterocycles. The lowest BCUT2D eigenvalue weighted by Crippen LogP contribution is -2.46. The predicted molar refractivity (Wildman–Crippen MR) is 109 cm³/mol. The molecule has 1 atom stereocenters. The van der Waals surface area contributed by atoms with Gasteiger partial charge in [-0.2, -0.15) is 0 Å². The number of anilines is 1. The van der Waals surface area contributed by atoms with Gasteiger partial charge in [-0.05, 0) is 38.8 Å². The third-order valence-corrected chi connectivity index (χ3v) is 7.06. The molecule has 0 saturated carbocycles. The summed E-state index contributed by atoms with van der Waals surface area (Å²) in [5.74, 6) is -0.186. The van der Waals surface area contributed by atoms with Gasteiger partial charge in [-0.3, -0.25) is 14.5 Å². The molecule has 2 rings (SSSR count). The number of carbonyl (C=O) groups excluding carboxylic acids is 2. The summed E-state index contributed by atoms with van der Waals surface area (Å²) < 4.78 is 23.3. The average molecular weight is 414 g/mol. The predicted octanol–water partition coefficient (Wildman–Crippen LogP) is 1.31. The molecular weight excluding hydrogens is 386 g/mol. The maximum absolute atomic E-state index is 12.6. The van der Waals surface area contributed by atoms with Crippen molar-refractivity contribution in [3.63, 3.8) is 0 Å². The van der Waals surface area contributed by atoms with E-state index < -0.39 is 9.84 Å². The molecule has 150 valence electrons. The minimum Gasteiger partial charge on any atom is -0.338 e. The number of sulfone groups is 1. The number of nitrogens with zero attached hydrogens (tertiary/aromatic N) is 2. The van der Waals surface area contributed by atoms with Crippen LogP contribution < -0.4 is 5.32 Å². The number of rotatable bonds is 8. The first-order valence-corrected chi connectivity index (χ1v) is 11.9. The molecule has 7 nitrogen and oxygen atoms in total. The van der Waals surface area contributed by atoms with E-state index in [0.717, 1.165) is 10.6 Å². The molecule has 1 N–H and O–H groups in total. The molecule has 0 aliphatic carbocycles. The summed E-state index contributed by atoms with van der Waals surface area (Å²) in [4.78, 5) is 29.1. The number of hydrogen-bond acceptors (Lipinski definition) is 6. The summed E-state index contributed by atoms with van der Waals surface area (Å²) in [6.07, 6.45) is 2.43. The standard InChI is InChI=1S/C18H27N3O4S2/c1-4-21(14-9-10-27(24,25)13-14)18(23)12-20(2)11-17(22)19-15-7-5-6-8-16(15)26-3/h5-8,14H,4,9-13H2,1-3H3,(H,19,22)/t14-/m1/s1. The van der Waals surface area contributed by atoms with E-state index in [-0.39, 0.29) is 42.5 Å². The van der Waals surface area contributed by atoms with Crippen molar-refractivity contribution < 1.29 is 18.0 Å². The van der Waals surface area contributed by atoms with Crippen LogP contribution in [0.15, 0.2) is 29.2 Å². The third-order valence-electron chi connectivity index (χ3n) is 4.51. The number of para-hydroxylation sites is 1. The number of carbonyl (C=O) groups is 2. The molecule has 1 aliphatic rings. The highest BCUT2D eigenvalue weighted by molar-refractivity contribution is 7.98. The van der Waals surface area contributed by atoms with Crippen LogP contribution in [0.25, 0.3) is 0 Å². The Balaban J connectivity index is 1.89. The fraction of sp³-hybridized carbons (Fsp3) is 0.556. The molecular formula is C18H27N3O4S2. The van der Waals surface area contributed by atoms with Gasteiger partial charge < -0.3 is 10.2 Å². The second-order valence-electron chi connectivity index (χ2n) is 6.66. The number of nitrogens with one attached hydrogen (secondary N) is 1. The van der Waals surface area contributed by atoms with Crippen molar-refractivity contribution in [2.24, 2.45) is 0 Å². The zero-order chi connectivity index (χ0) is 20.0. The van der Waals surface area contributed by atoms with E-state index in [1.807, 2.05) is 37.4 Å². The van der Waals surface area contributed by atoms with Gasteiger partial charge in [-0.25, -0.2) is 8.42 Å². The molecule has 1 aliphatic heterocycles. The molecule has 0 spiro atoms. The molecule has 2 amide bonds. The topological polar surface area (TPSA) is 86.8 Å². The minimum absolute atomic E-state index is 0.0300. The first-order chi connectivity index (χ1) is 12.8. The van der Waals surface area contributed by atoms with Gasteiger partial charge in [0.15, 0.2) is 9.84 Å². The lowest BCUT2D eigenvalue weighted by Gasteiger charge is -2.28. The van der Waals surface area contributed by atoms with Crippen molar-refractivity contribution in [2.45, 2.75) is 24.3 Å². The summed E-state index contributed by atoms with van der Waals surface area (Å²) >= 11 is 1.55. The zero-order valence-corrected chi connectivity index (χ0v) is 17.6. The minimum atomic E-state index is -3.05. The molecule has 0 aromatic heterocycles. The van der Waals surface area contributed by atoms with Crippen molar-refractivity contribution >= 4 is 39.1 Å². The molecule has 27 heavy (non-hydrogen) atoms. The molecule has 1 fully saturated rings. The summed E-state index contributed by atoms with van der Waals surface area (Å²) in [5, 5.41) is 2.87. The van der Waals surface area contributed by atoms with Crippen LogP contribution in [0, 0.1) is 0 Å². The van der Waals surface area contributed by atoms with Crippen LogP contribution in [0.3, 0.4) is 0 Å².